The van der Waals surface area contributed by atoms with Gasteiger partial charge in [0, 0.05) is 18.4 Å². The molecule has 1 aliphatic rings. The van der Waals surface area contributed by atoms with Gasteiger partial charge in [-0.15, -0.1) is 0 Å². The largest absolute Gasteiger partial charge is 0.466 e. The Hall–Kier alpha value is -2.77. The van der Waals surface area contributed by atoms with Crippen LogP contribution in [0.3, 0.4) is 0 Å². The van der Waals surface area contributed by atoms with Crippen LogP contribution in [0.15, 0.2) is 47.8 Å². The highest BCUT2D eigenvalue weighted by molar-refractivity contribution is 5.98. The predicted octanol–water partition coefficient (Wildman–Crippen LogP) is 3.63. The molecule has 1 aliphatic heterocycles. The van der Waals surface area contributed by atoms with Crippen LogP contribution in [0.2, 0.25) is 0 Å². The fourth-order valence-electron chi connectivity index (χ4n) is 2.77. The van der Waals surface area contributed by atoms with Gasteiger partial charge in [0.05, 0.1) is 36.8 Å². The summed E-state index contributed by atoms with van der Waals surface area (Å²) >= 11 is 0. The van der Waals surface area contributed by atoms with Crippen LogP contribution >= 0.6 is 0 Å². The quantitative estimate of drug-likeness (QED) is 0.744. The highest BCUT2D eigenvalue weighted by atomic mass is 19.4. The number of rotatable bonds is 4. The molecule has 0 unspecified atom stereocenters. The zero-order chi connectivity index (χ0) is 20.4. The molecular formula is C19H20F3NO4. The van der Waals surface area contributed by atoms with Gasteiger partial charge >= 0.3 is 18.1 Å². The molecule has 0 saturated heterocycles. The first-order valence-electron chi connectivity index (χ1n) is 8.14. The summed E-state index contributed by atoms with van der Waals surface area (Å²) in [5.41, 5.74) is -0.208. The molecule has 0 atom stereocenters. The molecular weight excluding hydrogens is 363 g/mol. The van der Waals surface area contributed by atoms with Crippen LogP contribution in [0.1, 0.15) is 30.9 Å². The number of hydrogen-bond acceptors (Lipinski definition) is 5. The lowest BCUT2D eigenvalue weighted by atomic mass is 9.83. The van der Waals surface area contributed by atoms with Crippen LogP contribution in [-0.4, -0.2) is 37.1 Å². The van der Waals surface area contributed by atoms with Crippen LogP contribution in [-0.2, 0) is 25.2 Å². The Morgan fingerprint density at radius 1 is 0.963 bits per heavy atom. The number of carbonyl (C=O) groups is 2. The number of benzene rings is 1. The van der Waals surface area contributed by atoms with Crippen LogP contribution < -0.4 is 0 Å². The van der Waals surface area contributed by atoms with Crippen molar-refractivity contribution < 1.29 is 32.2 Å². The van der Waals surface area contributed by atoms with Crippen molar-refractivity contribution in [2.24, 2.45) is 0 Å². The van der Waals surface area contributed by atoms with Crippen LogP contribution in [0.4, 0.5) is 13.2 Å². The summed E-state index contributed by atoms with van der Waals surface area (Å²) in [6.07, 6.45) is -1.42. The molecule has 0 N–H and O–H groups in total. The lowest BCUT2D eigenvalue weighted by Gasteiger charge is -2.32. The average molecular weight is 383 g/mol. The third-order valence-corrected chi connectivity index (χ3v) is 4.21. The molecule has 0 spiro atoms. The highest BCUT2D eigenvalue weighted by Crippen LogP contribution is 2.38. The zero-order valence-corrected chi connectivity index (χ0v) is 15.3. The van der Waals surface area contributed by atoms with E-state index < -0.39 is 29.6 Å². The number of halogens is 3. The number of methoxy groups -OCH3 is 2. The van der Waals surface area contributed by atoms with Crippen molar-refractivity contribution in [1.82, 2.24) is 4.90 Å². The molecule has 0 saturated carbocycles. The van der Waals surface area contributed by atoms with Crippen molar-refractivity contribution in [2.45, 2.75) is 32.0 Å². The van der Waals surface area contributed by atoms with Crippen molar-refractivity contribution in [3.63, 3.8) is 0 Å². The summed E-state index contributed by atoms with van der Waals surface area (Å²) in [6, 6.07) is 4.23. The standard InChI is InChI=1S/C19H20F3NO4/c1-11(2)23-9-14(17(24)26-3)16(15(10-23)18(25)27-4)12-5-7-13(8-6-12)19(20,21)22/h5-11,16H,1-4H3. The minimum absolute atomic E-state index is 0.0714. The molecule has 27 heavy (non-hydrogen) atoms. The van der Waals surface area contributed by atoms with Gasteiger partial charge < -0.3 is 14.4 Å². The first kappa shape index (κ1) is 20.5. The van der Waals surface area contributed by atoms with Crippen LogP contribution in [0.5, 0.6) is 0 Å². The molecule has 146 valence electrons. The Balaban J connectivity index is 2.59. The molecule has 0 aromatic heterocycles. The van der Waals surface area contributed by atoms with Gasteiger partial charge in [0.2, 0.25) is 0 Å². The van der Waals surface area contributed by atoms with Gasteiger partial charge in [-0.2, -0.15) is 13.2 Å². The highest BCUT2D eigenvalue weighted by Gasteiger charge is 2.36. The van der Waals surface area contributed by atoms with E-state index in [9.17, 15) is 22.8 Å². The first-order valence-corrected chi connectivity index (χ1v) is 8.14. The first-order chi connectivity index (χ1) is 12.6. The van der Waals surface area contributed by atoms with E-state index in [2.05, 4.69) is 0 Å². The van der Waals surface area contributed by atoms with E-state index in [0.717, 1.165) is 12.1 Å². The number of hydrogen-bond donors (Lipinski definition) is 0. The summed E-state index contributed by atoms with van der Waals surface area (Å²) in [5, 5.41) is 0. The van der Waals surface area contributed by atoms with E-state index in [0.29, 0.717) is 5.56 Å². The fourth-order valence-corrected chi connectivity index (χ4v) is 2.77. The third kappa shape index (κ3) is 4.32. The van der Waals surface area contributed by atoms with Crippen molar-refractivity contribution in [3.8, 4) is 0 Å². The Morgan fingerprint density at radius 2 is 1.41 bits per heavy atom. The number of carbonyl (C=O) groups excluding carboxylic acids is 2. The van der Waals surface area contributed by atoms with E-state index in [1.165, 1.54) is 38.8 Å². The van der Waals surface area contributed by atoms with Gasteiger partial charge in [0.25, 0.3) is 0 Å². The molecule has 5 nitrogen and oxygen atoms in total. The smallest absolute Gasteiger partial charge is 0.416 e. The normalized spacial score (nSPS) is 15.3. The zero-order valence-electron chi connectivity index (χ0n) is 15.3. The maximum Gasteiger partial charge on any atom is 0.416 e. The lowest BCUT2D eigenvalue weighted by molar-refractivity contribution is -0.138. The Kier molecular flexibility index (Phi) is 5.98. The second kappa shape index (κ2) is 7.85. The van der Waals surface area contributed by atoms with E-state index in [1.54, 1.807) is 4.90 Å². The van der Waals surface area contributed by atoms with Crippen LogP contribution in [0.25, 0.3) is 0 Å². The number of ether oxygens (including phenoxy) is 2. The fraction of sp³-hybridized carbons (Fsp3) is 0.368. The summed E-state index contributed by atoms with van der Waals surface area (Å²) < 4.78 is 48.2. The van der Waals surface area contributed by atoms with Crippen molar-refractivity contribution in [2.75, 3.05) is 14.2 Å². The number of esters is 2. The summed E-state index contributed by atoms with van der Waals surface area (Å²) in [6.45, 7) is 3.71. The minimum atomic E-state index is -4.48. The second-order valence-corrected chi connectivity index (χ2v) is 6.25. The Morgan fingerprint density at radius 3 is 1.74 bits per heavy atom. The number of nitrogens with zero attached hydrogens (tertiary/aromatic N) is 1. The van der Waals surface area contributed by atoms with Crippen molar-refractivity contribution in [3.05, 3.63) is 58.9 Å². The molecule has 1 heterocycles. The van der Waals surface area contributed by atoms with Crippen molar-refractivity contribution >= 4 is 11.9 Å². The molecule has 8 heteroatoms. The van der Waals surface area contributed by atoms with Gasteiger partial charge in [-0.1, -0.05) is 12.1 Å². The maximum absolute atomic E-state index is 12.8. The van der Waals surface area contributed by atoms with Gasteiger partial charge in [0.15, 0.2) is 0 Å². The van der Waals surface area contributed by atoms with E-state index in [-0.39, 0.29) is 17.2 Å². The molecule has 0 radical (unpaired) electrons. The summed E-state index contributed by atoms with van der Waals surface area (Å²) in [4.78, 5) is 26.3. The molecule has 1 aromatic rings. The second-order valence-electron chi connectivity index (χ2n) is 6.25. The Labute approximate surface area is 155 Å². The predicted molar refractivity (Wildman–Crippen MR) is 91.4 cm³/mol. The van der Waals surface area contributed by atoms with E-state index in [4.69, 9.17) is 9.47 Å². The SMILES string of the molecule is COC(=O)C1=CN(C(C)C)C=C(C(=O)OC)C1c1ccc(C(F)(F)F)cc1. The molecule has 1 aromatic carbocycles. The van der Waals surface area contributed by atoms with E-state index in [1.807, 2.05) is 13.8 Å². The van der Waals surface area contributed by atoms with Gasteiger partial charge in [-0.25, -0.2) is 9.59 Å². The number of alkyl halides is 3. The Bertz CT molecular complexity index is 745. The molecule has 0 aliphatic carbocycles. The van der Waals surface area contributed by atoms with E-state index >= 15 is 0 Å². The molecule has 2 rings (SSSR count). The third-order valence-electron chi connectivity index (χ3n) is 4.21. The molecule has 0 fully saturated rings. The topological polar surface area (TPSA) is 55.8 Å². The monoisotopic (exact) mass is 383 g/mol. The van der Waals surface area contributed by atoms with Crippen molar-refractivity contribution in [1.29, 1.82) is 0 Å². The lowest BCUT2D eigenvalue weighted by Crippen LogP contribution is -2.31. The molecule has 0 amide bonds. The van der Waals surface area contributed by atoms with Gasteiger partial charge in [-0.3, -0.25) is 0 Å². The van der Waals surface area contributed by atoms with Gasteiger partial charge in [-0.05, 0) is 31.5 Å². The summed E-state index contributed by atoms with van der Waals surface area (Å²) in [5.74, 6) is -2.26. The maximum atomic E-state index is 12.8. The average Bonchev–Trinajstić information content (AvgIpc) is 2.64. The minimum Gasteiger partial charge on any atom is -0.466 e. The summed E-state index contributed by atoms with van der Waals surface area (Å²) in [7, 11) is 2.39. The van der Waals surface area contributed by atoms with Crippen LogP contribution in [0, 0.1) is 0 Å². The molecule has 0 bridgehead atoms. The van der Waals surface area contributed by atoms with Gasteiger partial charge in [0.1, 0.15) is 0 Å².